The zero-order valence-corrected chi connectivity index (χ0v) is 9.43. The van der Waals surface area contributed by atoms with Gasteiger partial charge in [0.25, 0.3) is 0 Å². The molecule has 1 heterocycles. The molecule has 3 heteroatoms. The molecule has 1 atom stereocenters. The normalized spacial score (nSPS) is 34.0. The molecule has 0 aromatic carbocycles. The Labute approximate surface area is 91.9 Å². The van der Waals surface area contributed by atoms with E-state index in [4.69, 9.17) is 4.74 Å². The molecule has 2 saturated carbocycles. The van der Waals surface area contributed by atoms with Crippen LogP contribution in [0.1, 0.15) is 25.7 Å². The van der Waals surface area contributed by atoms with E-state index in [1.807, 2.05) is 0 Å². The fourth-order valence-electron chi connectivity index (χ4n) is 2.83. The summed E-state index contributed by atoms with van der Waals surface area (Å²) in [4.78, 5) is 0. The van der Waals surface area contributed by atoms with E-state index in [1.54, 1.807) is 0 Å². The molecular weight excluding hydrogens is 188 g/mol. The van der Waals surface area contributed by atoms with Gasteiger partial charge < -0.3 is 15.4 Å². The van der Waals surface area contributed by atoms with E-state index in [-0.39, 0.29) is 0 Å². The molecule has 0 amide bonds. The Balaban J connectivity index is 1.35. The van der Waals surface area contributed by atoms with E-state index in [0.29, 0.717) is 6.04 Å². The Hall–Kier alpha value is -0.120. The number of nitrogens with one attached hydrogen (secondary N) is 2. The van der Waals surface area contributed by atoms with Crippen LogP contribution in [-0.4, -0.2) is 38.9 Å². The van der Waals surface area contributed by atoms with Crippen molar-refractivity contribution in [3.8, 4) is 0 Å². The Kier molecular flexibility index (Phi) is 2.71. The van der Waals surface area contributed by atoms with Crippen LogP contribution >= 0.6 is 0 Å². The first kappa shape index (κ1) is 10.1. The van der Waals surface area contributed by atoms with Crippen molar-refractivity contribution in [3.05, 3.63) is 0 Å². The molecule has 0 aromatic rings. The highest BCUT2D eigenvalue weighted by atomic mass is 16.5. The van der Waals surface area contributed by atoms with Crippen LogP contribution in [0.2, 0.25) is 0 Å². The standard InChI is InChI=1S/C12H22N2O/c1-2-10(1)12(3-4-12)9-13-7-11-8-15-6-5-14-11/h10-11,13-14H,1-9H2. The Morgan fingerprint density at radius 2 is 2.20 bits per heavy atom. The van der Waals surface area contributed by atoms with Crippen LogP contribution in [-0.2, 0) is 4.74 Å². The maximum absolute atomic E-state index is 5.44. The smallest absolute Gasteiger partial charge is 0.0632 e. The molecular formula is C12H22N2O. The Morgan fingerprint density at radius 1 is 1.33 bits per heavy atom. The van der Waals surface area contributed by atoms with E-state index < -0.39 is 0 Å². The number of hydrogen-bond donors (Lipinski definition) is 2. The van der Waals surface area contributed by atoms with Crippen LogP contribution < -0.4 is 10.6 Å². The summed E-state index contributed by atoms with van der Waals surface area (Å²) in [7, 11) is 0. The highest BCUT2D eigenvalue weighted by Gasteiger charge is 2.53. The lowest BCUT2D eigenvalue weighted by Gasteiger charge is -2.25. The molecule has 1 unspecified atom stereocenters. The number of morpholine rings is 1. The first-order chi connectivity index (χ1) is 7.39. The summed E-state index contributed by atoms with van der Waals surface area (Å²) in [6.45, 7) is 5.09. The van der Waals surface area contributed by atoms with E-state index in [1.165, 1.54) is 32.2 Å². The summed E-state index contributed by atoms with van der Waals surface area (Å²) in [6.07, 6.45) is 5.93. The number of ether oxygens (including phenoxy) is 1. The maximum atomic E-state index is 5.44. The SMILES string of the molecule is C1COCC(CNCC2(C3CC3)CC2)N1. The van der Waals surface area contributed by atoms with Crippen LogP contribution in [0, 0.1) is 11.3 Å². The van der Waals surface area contributed by atoms with Gasteiger partial charge in [0, 0.05) is 25.7 Å². The van der Waals surface area contributed by atoms with Gasteiger partial charge in [-0.2, -0.15) is 0 Å². The molecule has 0 bridgehead atoms. The monoisotopic (exact) mass is 210 g/mol. The zero-order chi connectivity index (χ0) is 10.1. The lowest BCUT2D eigenvalue weighted by atomic mass is 10.0. The molecule has 15 heavy (non-hydrogen) atoms. The molecule has 86 valence electrons. The topological polar surface area (TPSA) is 33.3 Å². The van der Waals surface area contributed by atoms with E-state index in [2.05, 4.69) is 10.6 Å². The zero-order valence-electron chi connectivity index (χ0n) is 9.43. The van der Waals surface area contributed by atoms with Crippen molar-refractivity contribution >= 4 is 0 Å². The summed E-state index contributed by atoms with van der Waals surface area (Å²) >= 11 is 0. The molecule has 2 aliphatic carbocycles. The molecule has 0 radical (unpaired) electrons. The highest BCUT2D eigenvalue weighted by molar-refractivity contribution is 5.05. The summed E-state index contributed by atoms with van der Waals surface area (Å²) in [5.74, 6) is 1.07. The van der Waals surface area contributed by atoms with Gasteiger partial charge in [0.15, 0.2) is 0 Å². The third-order valence-electron chi connectivity index (χ3n) is 4.20. The molecule has 3 aliphatic rings. The first-order valence-corrected chi connectivity index (χ1v) is 6.41. The average molecular weight is 210 g/mol. The lowest BCUT2D eigenvalue weighted by molar-refractivity contribution is 0.0762. The predicted octanol–water partition coefficient (Wildman–Crippen LogP) is 0.755. The Morgan fingerprint density at radius 3 is 2.80 bits per heavy atom. The van der Waals surface area contributed by atoms with E-state index >= 15 is 0 Å². The highest BCUT2D eigenvalue weighted by Crippen LogP contribution is 2.60. The van der Waals surface area contributed by atoms with Crippen LogP contribution in [0.25, 0.3) is 0 Å². The van der Waals surface area contributed by atoms with Crippen LogP contribution in [0.3, 0.4) is 0 Å². The molecule has 3 nitrogen and oxygen atoms in total. The molecule has 3 rings (SSSR count). The van der Waals surface area contributed by atoms with Crippen molar-refractivity contribution in [1.82, 2.24) is 10.6 Å². The second-order valence-electron chi connectivity index (χ2n) is 5.49. The van der Waals surface area contributed by atoms with Gasteiger partial charge in [0.05, 0.1) is 13.2 Å². The number of hydrogen-bond acceptors (Lipinski definition) is 3. The first-order valence-electron chi connectivity index (χ1n) is 6.41. The molecule has 2 N–H and O–H groups in total. The van der Waals surface area contributed by atoms with Crippen LogP contribution in [0.15, 0.2) is 0 Å². The fraction of sp³-hybridized carbons (Fsp3) is 1.00. The van der Waals surface area contributed by atoms with Crippen LogP contribution in [0.4, 0.5) is 0 Å². The van der Waals surface area contributed by atoms with Crippen LogP contribution in [0.5, 0.6) is 0 Å². The molecule has 1 aliphatic heterocycles. The van der Waals surface area contributed by atoms with Gasteiger partial charge in [-0.05, 0) is 37.0 Å². The van der Waals surface area contributed by atoms with Crippen molar-refractivity contribution in [2.75, 3.05) is 32.8 Å². The van der Waals surface area contributed by atoms with E-state index in [9.17, 15) is 0 Å². The van der Waals surface area contributed by atoms with Gasteiger partial charge in [-0.1, -0.05) is 0 Å². The minimum atomic E-state index is 0.536. The third kappa shape index (κ3) is 2.35. The van der Waals surface area contributed by atoms with Gasteiger partial charge in [0.1, 0.15) is 0 Å². The van der Waals surface area contributed by atoms with Gasteiger partial charge in [-0.25, -0.2) is 0 Å². The van der Waals surface area contributed by atoms with Crippen molar-refractivity contribution in [2.24, 2.45) is 11.3 Å². The quantitative estimate of drug-likeness (QED) is 0.703. The third-order valence-corrected chi connectivity index (χ3v) is 4.20. The van der Waals surface area contributed by atoms with Gasteiger partial charge in [-0.3, -0.25) is 0 Å². The molecule has 3 fully saturated rings. The summed E-state index contributed by atoms with van der Waals surface area (Å²) < 4.78 is 5.44. The summed E-state index contributed by atoms with van der Waals surface area (Å²) in [5.41, 5.74) is 0.732. The average Bonchev–Trinajstić information content (AvgIpc) is 3.14. The second-order valence-corrected chi connectivity index (χ2v) is 5.49. The van der Waals surface area contributed by atoms with Gasteiger partial charge >= 0.3 is 0 Å². The predicted molar refractivity (Wildman–Crippen MR) is 59.9 cm³/mol. The van der Waals surface area contributed by atoms with Gasteiger partial charge in [0.2, 0.25) is 0 Å². The van der Waals surface area contributed by atoms with Gasteiger partial charge in [-0.15, -0.1) is 0 Å². The molecule has 1 saturated heterocycles. The Bertz CT molecular complexity index is 218. The summed E-state index contributed by atoms with van der Waals surface area (Å²) in [6, 6.07) is 0.536. The van der Waals surface area contributed by atoms with Crippen molar-refractivity contribution in [3.63, 3.8) is 0 Å². The van der Waals surface area contributed by atoms with Crippen molar-refractivity contribution in [2.45, 2.75) is 31.7 Å². The lowest BCUT2D eigenvalue weighted by Crippen LogP contribution is -2.48. The van der Waals surface area contributed by atoms with Crippen molar-refractivity contribution in [1.29, 1.82) is 0 Å². The largest absolute Gasteiger partial charge is 0.378 e. The summed E-state index contributed by atoms with van der Waals surface area (Å²) in [5, 5.41) is 7.12. The number of rotatable bonds is 5. The minimum Gasteiger partial charge on any atom is -0.378 e. The minimum absolute atomic E-state index is 0.536. The van der Waals surface area contributed by atoms with E-state index in [0.717, 1.165) is 37.6 Å². The fourth-order valence-corrected chi connectivity index (χ4v) is 2.83. The van der Waals surface area contributed by atoms with Crippen molar-refractivity contribution < 1.29 is 4.74 Å². The maximum Gasteiger partial charge on any atom is 0.0632 e. The molecule has 0 aromatic heterocycles. The molecule has 0 spiro atoms. The second kappa shape index (κ2) is 4.04.